The van der Waals surface area contributed by atoms with Crippen LogP contribution in [0.5, 0.6) is 0 Å². The van der Waals surface area contributed by atoms with Gasteiger partial charge in [-0.1, -0.05) is 27.2 Å². The monoisotopic (exact) mass is 314 g/mol. The molecule has 0 aliphatic carbocycles. The van der Waals surface area contributed by atoms with Gasteiger partial charge in [0.1, 0.15) is 0 Å². The summed E-state index contributed by atoms with van der Waals surface area (Å²) in [6, 6.07) is 0. The molecule has 0 amide bonds. The van der Waals surface area contributed by atoms with Crippen LogP contribution >= 0.6 is 0 Å². The summed E-state index contributed by atoms with van der Waals surface area (Å²) in [5.74, 6) is -0.909. The Morgan fingerprint density at radius 3 is 2.27 bits per heavy atom. The molecule has 0 unspecified atom stereocenters. The normalized spacial score (nSPS) is 16.9. The Labute approximate surface area is 133 Å². The van der Waals surface area contributed by atoms with E-state index in [0.29, 0.717) is 26.1 Å². The van der Waals surface area contributed by atoms with Crippen molar-refractivity contribution in [2.75, 3.05) is 39.5 Å². The Bertz CT molecular complexity index is 371. The van der Waals surface area contributed by atoms with E-state index >= 15 is 0 Å². The minimum atomic E-state index is -0.767. The second-order valence-electron chi connectivity index (χ2n) is 6.76. The van der Waals surface area contributed by atoms with Crippen LogP contribution in [-0.2, 0) is 14.3 Å². The van der Waals surface area contributed by atoms with E-state index < -0.39 is 5.97 Å². The Balaban J connectivity index is 2.11. The highest BCUT2D eigenvalue weighted by molar-refractivity contribution is 5.69. The molecule has 1 aliphatic heterocycles. The molecular weight excluding hydrogens is 284 g/mol. The Hall–Kier alpha value is -1.14. The fraction of sp³-hybridized carbons (Fsp3) is 0.875. The van der Waals surface area contributed by atoms with Crippen LogP contribution in [0.4, 0.5) is 0 Å². The number of rotatable bonds is 10. The van der Waals surface area contributed by atoms with Crippen LogP contribution in [0, 0.1) is 5.41 Å². The van der Waals surface area contributed by atoms with Crippen molar-refractivity contribution in [3.63, 3.8) is 0 Å². The van der Waals surface area contributed by atoms with Gasteiger partial charge in [0.15, 0.2) is 0 Å². The molecule has 0 saturated carbocycles. The maximum Gasteiger partial charge on any atom is 0.307 e. The minimum Gasteiger partial charge on any atom is -0.481 e. The largest absolute Gasteiger partial charge is 0.481 e. The maximum atomic E-state index is 11.7. The standard InChI is InChI=1S/C16H30N2O4/c1-4-16(2,3)7-12-22-15(21)6-9-18-11-10-17(13-18)8-5-14(19)20/h4-13H2,1-3H3,(H,19,20). The van der Waals surface area contributed by atoms with E-state index in [1.807, 2.05) is 0 Å². The minimum absolute atomic E-state index is 0.143. The van der Waals surface area contributed by atoms with Crippen LogP contribution in [0.2, 0.25) is 0 Å². The number of carbonyl (C=O) groups excluding carboxylic acids is 1. The maximum absolute atomic E-state index is 11.7. The first-order chi connectivity index (χ1) is 10.3. The third-order valence-electron chi connectivity index (χ3n) is 4.41. The molecule has 1 heterocycles. The molecule has 1 saturated heterocycles. The number of nitrogens with zero attached hydrogens (tertiary/aromatic N) is 2. The van der Waals surface area contributed by atoms with E-state index in [4.69, 9.17) is 9.84 Å². The number of ether oxygens (including phenoxy) is 1. The van der Waals surface area contributed by atoms with Crippen molar-refractivity contribution in [1.29, 1.82) is 0 Å². The summed E-state index contributed by atoms with van der Waals surface area (Å²) < 4.78 is 5.29. The molecule has 1 aliphatic rings. The lowest BCUT2D eigenvalue weighted by atomic mass is 9.87. The van der Waals surface area contributed by atoms with E-state index in [0.717, 1.165) is 32.6 Å². The van der Waals surface area contributed by atoms with Crippen LogP contribution in [-0.4, -0.2) is 66.3 Å². The third kappa shape index (κ3) is 7.75. The average Bonchev–Trinajstić information content (AvgIpc) is 2.91. The van der Waals surface area contributed by atoms with Crippen molar-refractivity contribution in [3.05, 3.63) is 0 Å². The predicted octanol–water partition coefficient (Wildman–Crippen LogP) is 1.80. The van der Waals surface area contributed by atoms with Crippen LogP contribution in [0.3, 0.4) is 0 Å². The van der Waals surface area contributed by atoms with Crippen molar-refractivity contribution in [1.82, 2.24) is 9.80 Å². The topological polar surface area (TPSA) is 70.1 Å². The molecule has 0 aromatic heterocycles. The molecule has 0 bridgehead atoms. The second kappa shape index (κ2) is 9.10. The second-order valence-corrected chi connectivity index (χ2v) is 6.76. The summed E-state index contributed by atoms with van der Waals surface area (Å²) in [5.41, 5.74) is 0.222. The first-order valence-electron chi connectivity index (χ1n) is 8.14. The van der Waals surface area contributed by atoms with Crippen LogP contribution in [0.25, 0.3) is 0 Å². The Kier molecular flexibility index (Phi) is 7.82. The molecule has 1 rings (SSSR count). The van der Waals surface area contributed by atoms with Gasteiger partial charge >= 0.3 is 11.9 Å². The molecule has 6 heteroatoms. The molecule has 6 nitrogen and oxygen atoms in total. The Morgan fingerprint density at radius 1 is 1.14 bits per heavy atom. The number of hydrogen-bond acceptors (Lipinski definition) is 5. The summed E-state index contributed by atoms with van der Waals surface area (Å²) in [6.07, 6.45) is 2.54. The highest BCUT2D eigenvalue weighted by atomic mass is 16.5. The quantitative estimate of drug-likeness (QED) is 0.620. The molecule has 1 N–H and O–H groups in total. The van der Waals surface area contributed by atoms with Gasteiger partial charge in [0.2, 0.25) is 0 Å². The number of aliphatic carboxylic acids is 1. The summed E-state index contributed by atoms with van der Waals surface area (Å²) in [6.45, 7) is 10.7. The zero-order chi connectivity index (χ0) is 16.6. The molecule has 0 atom stereocenters. The van der Waals surface area contributed by atoms with Crippen LogP contribution in [0.15, 0.2) is 0 Å². The van der Waals surface area contributed by atoms with E-state index in [1.165, 1.54) is 0 Å². The Morgan fingerprint density at radius 2 is 1.73 bits per heavy atom. The molecular formula is C16H30N2O4. The van der Waals surface area contributed by atoms with Gasteiger partial charge in [-0.2, -0.15) is 0 Å². The first kappa shape index (κ1) is 18.9. The summed E-state index contributed by atoms with van der Waals surface area (Å²) in [4.78, 5) is 26.5. The lowest BCUT2D eigenvalue weighted by Crippen LogP contribution is -2.29. The number of esters is 1. The van der Waals surface area contributed by atoms with Crippen molar-refractivity contribution in [3.8, 4) is 0 Å². The smallest absolute Gasteiger partial charge is 0.307 e. The predicted molar refractivity (Wildman–Crippen MR) is 84.5 cm³/mol. The summed E-state index contributed by atoms with van der Waals surface area (Å²) in [5, 5.41) is 8.67. The van der Waals surface area contributed by atoms with Gasteiger partial charge in [0, 0.05) is 26.2 Å². The molecule has 0 radical (unpaired) electrons. The third-order valence-corrected chi connectivity index (χ3v) is 4.41. The van der Waals surface area contributed by atoms with Gasteiger partial charge < -0.3 is 9.84 Å². The fourth-order valence-corrected chi connectivity index (χ4v) is 2.27. The van der Waals surface area contributed by atoms with Crippen LogP contribution < -0.4 is 0 Å². The van der Waals surface area contributed by atoms with Gasteiger partial charge in [-0.05, 0) is 11.8 Å². The molecule has 0 spiro atoms. The van der Waals surface area contributed by atoms with E-state index in [9.17, 15) is 9.59 Å². The highest BCUT2D eigenvalue weighted by Crippen LogP contribution is 2.24. The SMILES string of the molecule is CCC(C)(C)CCOC(=O)CCN1CCN(CCC(=O)O)C1. The zero-order valence-corrected chi connectivity index (χ0v) is 14.1. The van der Waals surface area contributed by atoms with Gasteiger partial charge in [0.25, 0.3) is 0 Å². The molecule has 0 aromatic rings. The summed E-state index contributed by atoms with van der Waals surface area (Å²) in [7, 11) is 0. The van der Waals surface area contributed by atoms with Gasteiger partial charge in [-0.15, -0.1) is 0 Å². The molecule has 22 heavy (non-hydrogen) atoms. The molecule has 1 fully saturated rings. The highest BCUT2D eigenvalue weighted by Gasteiger charge is 2.21. The van der Waals surface area contributed by atoms with E-state index in [2.05, 4.69) is 30.6 Å². The summed E-state index contributed by atoms with van der Waals surface area (Å²) >= 11 is 0. The average molecular weight is 314 g/mol. The lowest BCUT2D eigenvalue weighted by Gasteiger charge is -2.22. The lowest BCUT2D eigenvalue weighted by molar-refractivity contribution is -0.144. The first-order valence-corrected chi connectivity index (χ1v) is 8.14. The van der Waals surface area contributed by atoms with Gasteiger partial charge in [0.05, 0.1) is 26.1 Å². The fourth-order valence-electron chi connectivity index (χ4n) is 2.27. The molecule has 0 aromatic carbocycles. The number of carboxylic acid groups (broad SMARTS) is 1. The van der Waals surface area contributed by atoms with E-state index in [-0.39, 0.29) is 17.8 Å². The van der Waals surface area contributed by atoms with Gasteiger partial charge in [-0.3, -0.25) is 19.4 Å². The van der Waals surface area contributed by atoms with Gasteiger partial charge in [-0.25, -0.2) is 0 Å². The van der Waals surface area contributed by atoms with Crippen molar-refractivity contribution < 1.29 is 19.4 Å². The number of carbonyl (C=O) groups is 2. The van der Waals surface area contributed by atoms with Crippen molar-refractivity contribution in [2.24, 2.45) is 5.41 Å². The van der Waals surface area contributed by atoms with Crippen molar-refractivity contribution >= 4 is 11.9 Å². The van der Waals surface area contributed by atoms with Crippen LogP contribution in [0.1, 0.15) is 46.5 Å². The number of hydrogen-bond donors (Lipinski definition) is 1. The zero-order valence-electron chi connectivity index (χ0n) is 14.1. The molecule has 128 valence electrons. The number of carboxylic acids is 1. The van der Waals surface area contributed by atoms with Crippen molar-refractivity contribution in [2.45, 2.75) is 46.5 Å². The van der Waals surface area contributed by atoms with E-state index in [1.54, 1.807) is 0 Å².